The highest BCUT2D eigenvalue weighted by atomic mass is 16.8. The Hall–Kier alpha value is -1.72. The van der Waals surface area contributed by atoms with E-state index in [4.69, 9.17) is 18.9 Å². The van der Waals surface area contributed by atoms with Crippen LogP contribution in [0.15, 0.2) is 60.7 Å². The Kier molecular flexibility index (Phi) is 4.86. The second-order valence-corrected chi connectivity index (χ2v) is 6.95. The van der Waals surface area contributed by atoms with Crippen LogP contribution in [-0.4, -0.2) is 24.6 Å². The molecule has 2 aromatic carbocycles. The molecular formula is C21H24O4. The fraction of sp³-hybridized carbons (Fsp3) is 0.429. The lowest BCUT2D eigenvalue weighted by Crippen LogP contribution is -2.37. The van der Waals surface area contributed by atoms with E-state index in [1.165, 1.54) is 0 Å². The van der Waals surface area contributed by atoms with Crippen LogP contribution in [0.1, 0.15) is 31.3 Å². The third-order valence-electron chi connectivity index (χ3n) is 4.76. The molecule has 0 aromatic heterocycles. The van der Waals surface area contributed by atoms with Crippen molar-refractivity contribution in [2.75, 3.05) is 0 Å². The maximum Gasteiger partial charge on any atom is 0.190 e. The number of hydrogen-bond donors (Lipinski definition) is 0. The summed E-state index contributed by atoms with van der Waals surface area (Å²) in [6.45, 7) is 4.82. The number of hydrogen-bond acceptors (Lipinski definition) is 4. The Balaban J connectivity index is 1.47. The molecule has 2 saturated heterocycles. The molecule has 0 N–H and O–H groups in total. The highest BCUT2D eigenvalue weighted by Crippen LogP contribution is 2.42. The molecular weight excluding hydrogens is 316 g/mol. The fourth-order valence-electron chi connectivity index (χ4n) is 3.46. The molecule has 132 valence electrons. The van der Waals surface area contributed by atoms with Crippen LogP contribution in [0.2, 0.25) is 0 Å². The second kappa shape index (κ2) is 7.26. The Morgan fingerprint density at radius 2 is 1.56 bits per heavy atom. The normalized spacial score (nSPS) is 31.4. The third-order valence-corrected chi connectivity index (χ3v) is 4.76. The van der Waals surface area contributed by atoms with Crippen LogP contribution in [0.25, 0.3) is 0 Å². The molecule has 4 rings (SSSR count). The molecule has 0 bridgehead atoms. The Morgan fingerprint density at radius 3 is 2.24 bits per heavy atom. The topological polar surface area (TPSA) is 36.9 Å². The average Bonchev–Trinajstić information content (AvgIpc) is 3.20. The molecule has 0 radical (unpaired) electrons. The molecule has 2 heterocycles. The van der Waals surface area contributed by atoms with Crippen molar-refractivity contribution in [3.8, 4) is 0 Å². The first kappa shape index (κ1) is 16.7. The van der Waals surface area contributed by atoms with E-state index in [2.05, 4.69) is 26.0 Å². The van der Waals surface area contributed by atoms with E-state index >= 15 is 0 Å². The van der Waals surface area contributed by atoms with E-state index in [1.54, 1.807) is 0 Å². The standard InChI is InChI=1S/C21H24O4/c1-14(2)17-18(22-13-15-9-5-3-6-10-15)19-21(23-17)25-20(24-19)16-11-7-4-8-12-16/h3-12,14,17-21H,13H2,1-2H3/t17-,18+,19-,20?,21-/m1/s1. The quantitative estimate of drug-likeness (QED) is 0.822. The van der Waals surface area contributed by atoms with Gasteiger partial charge in [-0.1, -0.05) is 74.5 Å². The van der Waals surface area contributed by atoms with Crippen LogP contribution in [0, 0.1) is 5.92 Å². The molecule has 1 unspecified atom stereocenters. The molecule has 4 heteroatoms. The molecule has 0 aliphatic carbocycles. The van der Waals surface area contributed by atoms with Crippen LogP contribution in [0.5, 0.6) is 0 Å². The lowest BCUT2D eigenvalue weighted by molar-refractivity contribution is -0.184. The molecule has 0 amide bonds. The summed E-state index contributed by atoms with van der Waals surface area (Å²) in [6.07, 6.45) is -1.15. The van der Waals surface area contributed by atoms with E-state index in [1.807, 2.05) is 48.5 Å². The molecule has 2 fully saturated rings. The first-order valence-electron chi connectivity index (χ1n) is 8.89. The van der Waals surface area contributed by atoms with E-state index in [0.717, 1.165) is 11.1 Å². The maximum absolute atomic E-state index is 6.23. The lowest BCUT2D eigenvalue weighted by atomic mass is 10.0. The Labute approximate surface area is 148 Å². The van der Waals surface area contributed by atoms with Gasteiger partial charge in [-0.15, -0.1) is 0 Å². The first-order chi connectivity index (χ1) is 12.2. The van der Waals surface area contributed by atoms with Crippen LogP contribution < -0.4 is 0 Å². The summed E-state index contributed by atoms with van der Waals surface area (Å²) in [5, 5.41) is 0. The molecule has 2 aliphatic heterocycles. The van der Waals surface area contributed by atoms with Crippen LogP contribution in [-0.2, 0) is 25.6 Å². The van der Waals surface area contributed by atoms with Gasteiger partial charge in [0, 0.05) is 5.56 Å². The first-order valence-corrected chi connectivity index (χ1v) is 8.89. The highest BCUT2D eigenvalue weighted by molar-refractivity contribution is 5.17. The van der Waals surface area contributed by atoms with Crippen molar-refractivity contribution >= 4 is 0 Å². The van der Waals surface area contributed by atoms with Crippen molar-refractivity contribution in [1.82, 2.24) is 0 Å². The number of ether oxygens (including phenoxy) is 4. The van der Waals surface area contributed by atoms with Crippen LogP contribution >= 0.6 is 0 Å². The minimum Gasteiger partial charge on any atom is -0.368 e. The zero-order valence-electron chi connectivity index (χ0n) is 14.6. The van der Waals surface area contributed by atoms with Gasteiger partial charge in [-0.2, -0.15) is 0 Å². The van der Waals surface area contributed by atoms with Gasteiger partial charge in [0.1, 0.15) is 12.2 Å². The van der Waals surface area contributed by atoms with Gasteiger partial charge in [-0.05, 0) is 11.5 Å². The monoisotopic (exact) mass is 340 g/mol. The summed E-state index contributed by atoms with van der Waals surface area (Å²) < 4.78 is 24.5. The molecule has 2 aliphatic rings. The smallest absolute Gasteiger partial charge is 0.190 e. The van der Waals surface area contributed by atoms with Gasteiger partial charge in [0.25, 0.3) is 0 Å². The molecule has 0 saturated carbocycles. The van der Waals surface area contributed by atoms with Crippen molar-refractivity contribution in [2.45, 2.75) is 51.3 Å². The summed E-state index contributed by atoms with van der Waals surface area (Å²) in [4.78, 5) is 0. The van der Waals surface area contributed by atoms with E-state index in [0.29, 0.717) is 12.5 Å². The predicted octanol–water partition coefficient (Wildman–Crippen LogP) is 4.07. The van der Waals surface area contributed by atoms with Crippen molar-refractivity contribution in [3.05, 3.63) is 71.8 Å². The van der Waals surface area contributed by atoms with Crippen molar-refractivity contribution in [3.63, 3.8) is 0 Å². The summed E-state index contributed by atoms with van der Waals surface area (Å²) in [7, 11) is 0. The number of rotatable bonds is 5. The van der Waals surface area contributed by atoms with E-state index < -0.39 is 6.29 Å². The minimum atomic E-state index is -0.396. The summed E-state index contributed by atoms with van der Waals surface area (Å²) in [5.74, 6) is 0.328. The van der Waals surface area contributed by atoms with Crippen LogP contribution in [0.3, 0.4) is 0 Å². The second-order valence-electron chi connectivity index (χ2n) is 6.95. The molecule has 4 nitrogen and oxygen atoms in total. The maximum atomic E-state index is 6.23. The van der Waals surface area contributed by atoms with Gasteiger partial charge < -0.3 is 18.9 Å². The fourth-order valence-corrected chi connectivity index (χ4v) is 3.46. The SMILES string of the molecule is CC(C)[C@H]1O[C@@H]2OC(c3ccccc3)O[C@@H]2[C@H]1OCc1ccccc1. The molecule has 25 heavy (non-hydrogen) atoms. The molecule has 0 spiro atoms. The average molecular weight is 340 g/mol. The lowest BCUT2D eigenvalue weighted by Gasteiger charge is -2.26. The van der Waals surface area contributed by atoms with E-state index in [9.17, 15) is 0 Å². The van der Waals surface area contributed by atoms with Crippen molar-refractivity contribution in [2.24, 2.45) is 5.92 Å². The summed E-state index contributed by atoms with van der Waals surface area (Å²) >= 11 is 0. The van der Waals surface area contributed by atoms with Gasteiger partial charge in [-0.25, -0.2) is 0 Å². The largest absolute Gasteiger partial charge is 0.368 e. The van der Waals surface area contributed by atoms with Gasteiger partial charge >= 0.3 is 0 Å². The van der Waals surface area contributed by atoms with Gasteiger partial charge in [-0.3, -0.25) is 0 Å². The van der Waals surface area contributed by atoms with E-state index in [-0.39, 0.29) is 24.6 Å². The number of benzene rings is 2. The minimum absolute atomic E-state index is 0.0320. The van der Waals surface area contributed by atoms with Crippen LogP contribution in [0.4, 0.5) is 0 Å². The van der Waals surface area contributed by atoms with Crippen molar-refractivity contribution < 1.29 is 18.9 Å². The van der Waals surface area contributed by atoms with Gasteiger partial charge in [0.05, 0.1) is 12.7 Å². The predicted molar refractivity (Wildman–Crippen MR) is 93.7 cm³/mol. The van der Waals surface area contributed by atoms with Gasteiger partial charge in [0.2, 0.25) is 0 Å². The molecule has 5 atom stereocenters. The summed E-state index contributed by atoms with van der Waals surface area (Å²) in [6, 6.07) is 20.1. The van der Waals surface area contributed by atoms with Gasteiger partial charge in [0.15, 0.2) is 12.6 Å². The number of fused-ring (bicyclic) bond motifs is 1. The zero-order chi connectivity index (χ0) is 17.2. The molecule has 2 aromatic rings. The van der Waals surface area contributed by atoms with Crippen molar-refractivity contribution in [1.29, 1.82) is 0 Å². The zero-order valence-corrected chi connectivity index (χ0v) is 14.6. The Bertz CT molecular complexity index is 673. The Morgan fingerprint density at radius 1 is 0.880 bits per heavy atom. The summed E-state index contributed by atoms with van der Waals surface area (Å²) in [5.41, 5.74) is 2.15. The highest BCUT2D eigenvalue weighted by Gasteiger charge is 2.53. The third kappa shape index (κ3) is 3.48.